The second-order valence-electron chi connectivity index (χ2n) is 8.38. The lowest BCUT2D eigenvalue weighted by Crippen LogP contribution is -2.59. The summed E-state index contributed by atoms with van der Waals surface area (Å²) in [6.45, 7) is 2.93. The van der Waals surface area contributed by atoms with Crippen molar-refractivity contribution in [3.8, 4) is 0 Å². The molecule has 2 fully saturated rings. The van der Waals surface area contributed by atoms with Crippen LogP contribution in [-0.4, -0.2) is 85.5 Å². The third-order valence-corrected chi connectivity index (χ3v) is 6.44. The molecule has 1 saturated heterocycles. The maximum Gasteiger partial charge on any atom is 0.242 e. The van der Waals surface area contributed by atoms with Gasteiger partial charge in [0.1, 0.15) is 0 Å². The second-order valence-corrected chi connectivity index (χ2v) is 8.38. The Hall–Kier alpha value is -2.08. The molecule has 1 aliphatic heterocycles. The number of amides is 1. The van der Waals surface area contributed by atoms with Crippen molar-refractivity contribution in [2.24, 2.45) is 4.99 Å². The lowest BCUT2D eigenvalue weighted by atomic mass is 9.94. The summed E-state index contributed by atoms with van der Waals surface area (Å²) in [5, 5.41) is 3.58. The summed E-state index contributed by atoms with van der Waals surface area (Å²) < 4.78 is 0. The maximum absolute atomic E-state index is 12.5. The molecule has 0 radical (unpaired) electrons. The van der Waals surface area contributed by atoms with Crippen molar-refractivity contribution in [3.63, 3.8) is 0 Å². The first-order valence-electron chi connectivity index (χ1n) is 10.0. The quantitative estimate of drug-likeness (QED) is 0.635. The van der Waals surface area contributed by atoms with Crippen LogP contribution in [0.1, 0.15) is 24.0 Å². The highest BCUT2D eigenvalue weighted by molar-refractivity contribution is 5.88. The zero-order valence-corrected chi connectivity index (χ0v) is 16.7. The molecule has 1 heterocycles. The molecule has 0 bridgehead atoms. The van der Waals surface area contributed by atoms with Crippen LogP contribution >= 0.6 is 0 Å². The minimum atomic E-state index is 0.0411. The lowest BCUT2D eigenvalue weighted by Gasteiger charge is -2.40. The van der Waals surface area contributed by atoms with E-state index >= 15 is 0 Å². The zero-order chi connectivity index (χ0) is 19.0. The molecule has 0 spiro atoms. The van der Waals surface area contributed by atoms with E-state index in [2.05, 4.69) is 63.4 Å². The third-order valence-electron chi connectivity index (χ3n) is 6.44. The molecule has 1 N–H and O–H groups in total. The highest BCUT2D eigenvalue weighted by atomic mass is 16.2. The van der Waals surface area contributed by atoms with Gasteiger partial charge in [-0.2, -0.15) is 0 Å². The number of nitrogens with zero attached hydrogens (tertiary/aromatic N) is 4. The van der Waals surface area contributed by atoms with E-state index in [1.54, 1.807) is 0 Å². The molecule has 1 aromatic rings. The number of likely N-dealkylation sites (N-methyl/N-ethyl adjacent to an activating group) is 1. The number of rotatable bonds is 4. The fourth-order valence-electron chi connectivity index (χ4n) is 4.49. The molecule has 4 rings (SSSR count). The maximum atomic E-state index is 12.5. The minimum Gasteiger partial charge on any atom is -0.354 e. The predicted molar refractivity (Wildman–Crippen MR) is 108 cm³/mol. The van der Waals surface area contributed by atoms with Gasteiger partial charge < -0.3 is 20.0 Å². The van der Waals surface area contributed by atoms with Gasteiger partial charge in [-0.1, -0.05) is 24.3 Å². The number of carbonyl (C=O) groups is 1. The van der Waals surface area contributed by atoms with Crippen molar-refractivity contribution >= 4 is 11.9 Å². The Morgan fingerprint density at radius 1 is 1.22 bits per heavy atom. The van der Waals surface area contributed by atoms with Crippen molar-refractivity contribution in [3.05, 3.63) is 35.4 Å². The molecule has 3 aliphatic rings. The van der Waals surface area contributed by atoms with Gasteiger partial charge in [0.2, 0.25) is 5.91 Å². The van der Waals surface area contributed by atoms with Gasteiger partial charge >= 0.3 is 0 Å². The van der Waals surface area contributed by atoms with Gasteiger partial charge in [0.25, 0.3) is 0 Å². The topological polar surface area (TPSA) is 51.2 Å². The monoisotopic (exact) mass is 369 g/mol. The van der Waals surface area contributed by atoms with Crippen LogP contribution in [0.25, 0.3) is 0 Å². The summed E-state index contributed by atoms with van der Waals surface area (Å²) in [6, 6.07) is 9.24. The smallest absolute Gasteiger partial charge is 0.242 e. The van der Waals surface area contributed by atoms with Crippen molar-refractivity contribution in [1.82, 2.24) is 20.0 Å². The molecule has 1 saturated carbocycles. The molecule has 6 heteroatoms. The molecular formula is C21H31N5O. The SMILES string of the molecule is CN=C(NCC1(N(C)C)Cc2ccccc2C1)N1CCN(C2CC2)C(=O)C1. The van der Waals surface area contributed by atoms with Crippen molar-refractivity contribution < 1.29 is 4.79 Å². The summed E-state index contributed by atoms with van der Waals surface area (Å²) in [5.74, 6) is 1.08. The van der Waals surface area contributed by atoms with E-state index in [1.807, 2.05) is 7.05 Å². The Morgan fingerprint density at radius 2 is 1.89 bits per heavy atom. The van der Waals surface area contributed by atoms with Crippen LogP contribution in [0, 0.1) is 0 Å². The number of guanidine groups is 1. The Morgan fingerprint density at radius 3 is 2.41 bits per heavy atom. The van der Waals surface area contributed by atoms with Gasteiger partial charge in [-0.15, -0.1) is 0 Å². The summed E-state index contributed by atoms with van der Waals surface area (Å²) in [4.78, 5) is 23.4. The number of benzene rings is 1. The van der Waals surface area contributed by atoms with E-state index in [0.29, 0.717) is 12.6 Å². The molecule has 0 unspecified atom stereocenters. The number of hydrogen-bond acceptors (Lipinski definition) is 3. The average molecular weight is 370 g/mol. The molecular weight excluding hydrogens is 338 g/mol. The zero-order valence-electron chi connectivity index (χ0n) is 16.7. The Balaban J connectivity index is 1.41. The number of piperazine rings is 1. The van der Waals surface area contributed by atoms with Crippen molar-refractivity contribution in [1.29, 1.82) is 0 Å². The van der Waals surface area contributed by atoms with E-state index in [4.69, 9.17) is 0 Å². The van der Waals surface area contributed by atoms with E-state index in [0.717, 1.165) is 38.4 Å². The number of fused-ring (bicyclic) bond motifs is 1. The summed E-state index contributed by atoms with van der Waals surface area (Å²) in [6.07, 6.45) is 4.42. The molecule has 6 nitrogen and oxygen atoms in total. The summed E-state index contributed by atoms with van der Waals surface area (Å²) in [7, 11) is 6.13. The number of hydrogen-bond donors (Lipinski definition) is 1. The van der Waals surface area contributed by atoms with E-state index < -0.39 is 0 Å². The first-order valence-corrected chi connectivity index (χ1v) is 10.0. The molecule has 2 aliphatic carbocycles. The van der Waals surface area contributed by atoms with Crippen LogP contribution in [-0.2, 0) is 17.6 Å². The van der Waals surface area contributed by atoms with Gasteiger partial charge in [-0.25, -0.2) is 0 Å². The molecule has 1 amide bonds. The standard InChI is InChI=1S/C21H31N5O/c1-22-20(25-10-11-26(18-8-9-18)19(27)14-25)23-15-21(24(2)3)12-16-6-4-5-7-17(16)13-21/h4-7,18H,8-15H2,1-3H3,(H,22,23). The predicted octanol–water partition coefficient (Wildman–Crippen LogP) is 0.968. The number of carbonyl (C=O) groups excluding carboxylic acids is 1. The Bertz CT molecular complexity index is 715. The molecule has 27 heavy (non-hydrogen) atoms. The molecule has 0 atom stereocenters. The van der Waals surface area contributed by atoms with Gasteiger partial charge in [0.05, 0.1) is 6.54 Å². The van der Waals surface area contributed by atoms with Gasteiger partial charge in [-0.3, -0.25) is 9.79 Å². The van der Waals surface area contributed by atoms with Crippen molar-refractivity contribution in [2.45, 2.75) is 37.3 Å². The van der Waals surface area contributed by atoms with Crippen LogP contribution < -0.4 is 5.32 Å². The fourth-order valence-corrected chi connectivity index (χ4v) is 4.49. The van der Waals surface area contributed by atoms with Crippen LogP contribution in [0.15, 0.2) is 29.3 Å². The van der Waals surface area contributed by atoms with Crippen molar-refractivity contribution in [2.75, 3.05) is 47.3 Å². The van der Waals surface area contributed by atoms with Gasteiger partial charge in [0.15, 0.2) is 5.96 Å². The number of nitrogens with one attached hydrogen (secondary N) is 1. The summed E-state index contributed by atoms with van der Waals surface area (Å²) in [5.41, 5.74) is 2.92. The molecule has 146 valence electrons. The highest BCUT2D eigenvalue weighted by Gasteiger charge is 2.40. The Kier molecular flexibility index (Phi) is 4.84. The van der Waals surface area contributed by atoms with Gasteiger partial charge in [-0.05, 0) is 50.9 Å². The third kappa shape index (κ3) is 3.55. The fraction of sp³-hybridized carbons (Fsp3) is 0.619. The molecule has 1 aromatic carbocycles. The summed E-state index contributed by atoms with van der Waals surface area (Å²) >= 11 is 0. The van der Waals surface area contributed by atoms with Gasteiger partial charge in [0, 0.05) is 38.3 Å². The molecule has 0 aromatic heterocycles. The van der Waals surface area contributed by atoms with Crippen LogP contribution in [0.4, 0.5) is 0 Å². The highest BCUT2D eigenvalue weighted by Crippen LogP contribution is 2.33. The van der Waals surface area contributed by atoms with E-state index in [9.17, 15) is 4.79 Å². The normalized spacial score (nSPS) is 22.4. The lowest BCUT2D eigenvalue weighted by molar-refractivity contribution is -0.135. The second kappa shape index (κ2) is 7.15. The first kappa shape index (κ1) is 18.3. The van der Waals surface area contributed by atoms with Crippen LogP contribution in [0.3, 0.4) is 0 Å². The van der Waals surface area contributed by atoms with E-state index in [1.165, 1.54) is 24.0 Å². The average Bonchev–Trinajstić information content (AvgIpc) is 3.41. The Labute approximate surface area is 162 Å². The largest absolute Gasteiger partial charge is 0.354 e. The first-order chi connectivity index (χ1) is 13.0. The minimum absolute atomic E-state index is 0.0411. The van der Waals surface area contributed by atoms with Crippen LogP contribution in [0.5, 0.6) is 0 Å². The van der Waals surface area contributed by atoms with E-state index in [-0.39, 0.29) is 11.4 Å². The number of aliphatic imine (C=N–C) groups is 1. The van der Waals surface area contributed by atoms with Crippen LogP contribution in [0.2, 0.25) is 0 Å².